The normalized spacial score (nSPS) is 9.10. The molecule has 9 nitrogen and oxygen atoms in total. The van der Waals surface area contributed by atoms with Crippen LogP contribution in [0.4, 0.5) is 0 Å². The average molecular weight is 491 g/mol. The molecule has 0 atom stereocenters. The quantitative estimate of drug-likeness (QED) is 0.377. The Morgan fingerprint density at radius 2 is 1.59 bits per heavy atom. The zero-order valence-corrected chi connectivity index (χ0v) is 17.7. The predicted octanol–water partition coefficient (Wildman–Crippen LogP) is 1.37. The Balaban J connectivity index is 0. The van der Waals surface area contributed by atoms with Crippen LogP contribution in [0.3, 0.4) is 0 Å². The number of amides is 1. The van der Waals surface area contributed by atoms with Gasteiger partial charge in [0, 0.05) is 38.1 Å². The molecular weight excluding hydrogens is 472 g/mol. The van der Waals surface area contributed by atoms with Crippen molar-refractivity contribution in [3.63, 3.8) is 0 Å². The van der Waals surface area contributed by atoms with E-state index in [2.05, 4.69) is 15.5 Å². The van der Waals surface area contributed by atoms with E-state index in [0.717, 1.165) is 0 Å². The van der Waals surface area contributed by atoms with Gasteiger partial charge in [-0.2, -0.15) is 5.10 Å². The van der Waals surface area contributed by atoms with Crippen molar-refractivity contribution in [2.24, 2.45) is 5.10 Å². The number of benzene rings is 1. The van der Waals surface area contributed by atoms with E-state index in [0.29, 0.717) is 16.1 Å². The van der Waals surface area contributed by atoms with Crippen LogP contribution in [0.5, 0.6) is 5.75 Å². The fourth-order valence-electron chi connectivity index (χ4n) is 1.41. The van der Waals surface area contributed by atoms with Gasteiger partial charge in [-0.3, -0.25) is 9.78 Å². The molecule has 0 aliphatic rings. The molecule has 0 aliphatic carbocycles. The number of nitrogens with zero attached hydrogens (tertiary/aromatic N) is 2. The molecule has 2 aromatic rings. The third-order valence-corrected chi connectivity index (χ3v) is 2.88. The van der Waals surface area contributed by atoms with E-state index in [9.17, 15) is 9.90 Å². The number of aromatic nitrogens is 1. The molecule has 2 rings (SSSR count). The van der Waals surface area contributed by atoms with Crippen LogP contribution in [0.1, 0.15) is 29.8 Å². The number of carbonyl (C=O) groups excluding carboxylic acids is 3. The third-order valence-electron chi connectivity index (χ3n) is 2.37. The first-order valence-corrected chi connectivity index (χ1v) is 8.16. The molecule has 1 aromatic carbocycles. The van der Waals surface area contributed by atoms with Gasteiger partial charge >= 0.3 is 28.7 Å². The summed E-state index contributed by atoms with van der Waals surface area (Å²) in [7, 11) is 0. The fourth-order valence-corrected chi connectivity index (χ4v) is 1.92. The van der Waals surface area contributed by atoms with Crippen molar-refractivity contribution in [1.82, 2.24) is 10.4 Å². The van der Waals surface area contributed by atoms with Gasteiger partial charge in [-0.15, -0.1) is 0 Å². The average Bonchev–Trinajstić information content (AvgIpc) is 2.58. The van der Waals surface area contributed by atoms with Crippen LogP contribution < -0.4 is 5.43 Å². The molecule has 1 radical (unpaired) electrons. The Kier molecular flexibility index (Phi) is 15.0. The van der Waals surface area contributed by atoms with Crippen molar-refractivity contribution in [3.05, 3.63) is 57.8 Å². The van der Waals surface area contributed by atoms with E-state index in [4.69, 9.17) is 43.0 Å². The molecule has 157 valence electrons. The molecule has 29 heavy (non-hydrogen) atoms. The summed E-state index contributed by atoms with van der Waals surface area (Å²) in [5.74, 6) is -1.71. The van der Waals surface area contributed by atoms with Gasteiger partial charge < -0.3 is 15.3 Å². The first kappa shape index (κ1) is 28.5. The maximum atomic E-state index is 11.7. The Morgan fingerprint density at radius 1 is 1.10 bits per heavy atom. The number of aromatic hydroxyl groups is 1. The van der Waals surface area contributed by atoms with Crippen LogP contribution in [0.15, 0.2) is 41.8 Å². The van der Waals surface area contributed by atoms with Crippen molar-refractivity contribution < 1.29 is 46.5 Å². The Morgan fingerprint density at radius 3 is 2.07 bits per heavy atom. The van der Waals surface area contributed by atoms with Gasteiger partial charge in [0.1, 0.15) is 5.75 Å². The van der Waals surface area contributed by atoms with Crippen LogP contribution in [0.2, 0.25) is 10.0 Å². The number of carbonyl (C=O) groups is 3. The molecule has 1 aromatic heterocycles. The van der Waals surface area contributed by atoms with E-state index in [1.165, 1.54) is 44.6 Å². The molecular formula is C17H19Cl2CoN3O6+4. The van der Waals surface area contributed by atoms with Crippen molar-refractivity contribution in [1.29, 1.82) is 0 Å². The summed E-state index contributed by atoms with van der Waals surface area (Å²) in [5.41, 5.74) is 3.04. The van der Waals surface area contributed by atoms with Crippen LogP contribution in [-0.4, -0.2) is 44.4 Å². The summed E-state index contributed by atoms with van der Waals surface area (Å²) in [5, 5.41) is 25.8. The van der Waals surface area contributed by atoms with E-state index in [1.54, 1.807) is 12.1 Å². The van der Waals surface area contributed by atoms with Gasteiger partial charge in [-0.05, 0) is 24.3 Å². The maximum absolute atomic E-state index is 11.7. The van der Waals surface area contributed by atoms with Gasteiger partial charge in [-0.1, -0.05) is 23.2 Å². The van der Waals surface area contributed by atoms with E-state index in [1.807, 2.05) is 0 Å². The Labute approximate surface area is 186 Å². The van der Waals surface area contributed by atoms with Crippen LogP contribution >= 0.6 is 23.2 Å². The van der Waals surface area contributed by atoms with Gasteiger partial charge in [0.05, 0.1) is 25.1 Å². The number of phenols is 1. The van der Waals surface area contributed by atoms with Gasteiger partial charge in [-0.25, -0.2) is 5.43 Å². The molecule has 0 saturated carbocycles. The first-order valence-electron chi connectivity index (χ1n) is 7.40. The molecule has 0 saturated heterocycles. The number of rotatable bonds is 3. The monoisotopic (exact) mass is 490 g/mol. The fraction of sp³-hybridized carbons (Fsp3) is 0.118. The minimum Gasteiger partial charge on any atom is -0.565 e. The van der Waals surface area contributed by atoms with Crippen molar-refractivity contribution in [2.75, 3.05) is 0 Å². The van der Waals surface area contributed by atoms with Crippen molar-refractivity contribution in [2.45, 2.75) is 13.8 Å². The summed E-state index contributed by atoms with van der Waals surface area (Å²) >= 11 is 11.6. The molecule has 0 fully saturated rings. The number of hydrogen-bond donors (Lipinski definition) is 2. The zero-order chi connectivity index (χ0) is 21.7. The molecule has 1 heterocycles. The SMILES string of the molecule is CC(=O)[OH2+].CC(=O)[OH2+].O=C(N/N=C/c1cc(Cl)cc(Cl)c1O)c1ccncc1.[Co+2]. The number of nitrogens with one attached hydrogen (secondary N) is 1. The number of halogens is 2. The van der Waals surface area contributed by atoms with Gasteiger partial charge in [0.2, 0.25) is 0 Å². The summed E-state index contributed by atoms with van der Waals surface area (Å²) in [4.78, 5) is 33.7. The Hall–Kier alpha value is -2.66. The van der Waals surface area contributed by atoms with Crippen LogP contribution in [0, 0.1) is 0 Å². The molecule has 1 amide bonds. The molecule has 0 unspecified atom stereocenters. The first-order chi connectivity index (χ1) is 13.0. The number of hydrogen-bond acceptors (Lipinski definition) is 6. The van der Waals surface area contributed by atoms with Crippen LogP contribution in [-0.2, 0) is 26.4 Å². The second kappa shape index (κ2) is 15.3. The van der Waals surface area contributed by atoms with E-state index < -0.39 is 17.8 Å². The van der Waals surface area contributed by atoms with Crippen molar-refractivity contribution >= 4 is 47.3 Å². The predicted molar refractivity (Wildman–Crippen MR) is 106 cm³/mol. The molecule has 6 N–H and O–H groups in total. The summed E-state index contributed by atoms with van der Waals surface area (Å²) in [6.07, 6.45) is 4.26. The minimum atomic E-state index is -0.583. The van der Waals surface area contributed by atoms with Gasteiger partial charge in [0.15, 0.2) is 0 Å². The number of hydrazone groups is 1. The number of phenolic OH excluding ortho intramolecular Hbond substituents is 1. The van der Waals surface area contributed by atoms with Gasteiger partial charge in [0.25, 0.3) is 5.91 Å². The van der Waals surface area contributed by atoms with E-state index in [-0.39, 0.29) is 27.6 Å². The summed E-state index contributed by atoms with van der Waals surface area (Å²) < 4.78 is 0. The largest absolute Gasteiger partial charge is 2.00 e. The Bertz CT molecular complexity index is 831. The molecule has 12 heteroatoms. The smallest absolute Gasteiger partial charge is 0.565 e. The second-order valence-electron chi connectivity index (χ2n) is 4.87. The molecule has 0 bridgehead atoms. The molecule has 0 spiro atoms. The third kappa shape index (κ3) is 14.1. The molecule has 0 aliphatic heterocycles. The second-order valence-corrected chi connectivity index (χ2v) is 5.72. The standard InChI is InChI=1S/C13H9Cl2N3O2.2C2H4O2.Co/c14-10-5-9(12(19)11(15)6-10)7-17-18-13(20)8-1-3-16-4-2-8;2*1-2(3)4;/h1-7,19H,(H,18,20);2*1H3,(H,3,4);/q;;;+2/p+2/b17-7+;;;. The maximum Gasteiger partial charge on any atom is 2.00 e. The van der Waals surface area contributed by atoms with Crippen LogP contribution in [0.25, 0.3) is 0 Å². The zero-order valence-electron chi connectivity index (χ0n) is 15.2. The van der Waals surface area contributed by atoms with Crippen molar-refractivity contribution in [3.8, 4) is 5.75 Å². The topological polar surface area (TPSA) is 155 Å². The summed E-state index contributed by atoms with van der Waals surface area (Å²) in [6, 6.07) is 5.99. The number of pyridine rings is 1. The van der Waals surface area contributed by atoms with E-state index >= 15 is 0 Å². The minimum absolute atomic E-state index is 0. The summed E-state index contributed by atoms with van der Waals surface area (Å²) in [6.45, 7) is 2.39.